The lowest BCUT2D eigenvalue weighted by Crippen LogP contribution is -2.08. The molecule has 3 aromatic rings. The van der Waals surface area contributed by atoms with Crippen LogP contribution in [0.15, 0.2) is 42.9 Å². The number of nitriles is 1. The molecule has 0 bridgehead atoms. The number of halogens is 2. The Morgan fingerprint density at radius 1 is 1.12 bits per heavy atom. The van der Waals surface area contributed by atoms with Crippen LogP contribution < -0.4 is 16.2 Å². The number of nitrogens with one attached hydrogen (secondary N) is 1. The fourth-order valence-electron chi connectivity index (χ4n) is 2.94. The SMILES string of the molecule is C1CCOC1.N#Cc1cc(C(=N)c2cc(OCc3c(Cl)cncc3Cl)ccc2N)cnc1N. The Balaban J connectivity index is 0.000000541. The van der Waals surface area contributed by atoms with Crippen LogP contribution in [0, 0.1) is 16.7 Å². The van der Waals surface area contributed by atoms with Gasteiger partial charge in [-0.25, -0.2) is 4.98 Å². The Morgan fingerprint density at radius 2 is 1.82 bits per heavy atom. The van der Waals surface area contributed by atoms with Crippen molar-refractivity contribution in [3.05, 3.63) is 75.2 Å². The second-order valence-electron chi connectivity index (χ2n) is 7.08. The molecule has 1 aliphatic heterocycles. The highest BCUT2D eigenvalue weighted by Gasteiger charge is 2.14. The summed E-state index contributed by atoms with van der Waals surface area (Å²) in [6.45, 7) is 2.12. The van der Waals surface area contributed by atoms with E-state index in [2.05, 4.69) is 9.97 Å². The third kappa shape index (κ3) is 6.33. The van der Waals surface area contributed by atoms with Gasteiger partial charge in [0.15, 0.2) is 0 Å². The molecule has 0 spiro atoms. The Hall–Kier alpha value is -3.38. The van der Waals surface area contributed by atoms with Gasteiger partial charge in [0.2, 0.25) is 0 Å². The fraction of sp³-hybridized carbons (Fsp3) is 0.217. The molecule has 10 heteroatoms. The van der Waals surface area contributed by atoms with E-state index >= 15 is 0 Å². The van der Waals surface area contributed by atoms with Crippen molar-refractivity contribution in [3.8, 4) is 11.8 Å². The second-order valence-corrected chi connectivity index (χ2v) is 7.90. The highest BCUT2D eigenvalue weighted by molar-refractivity contribution is 6.35. The number of benzene rings is 1. The molecule has 0 amide bonds. The summed E-state index contributed by atoms with van der Waals surface area (Å²) in [6.07, 6.45) is 6.94. The van der Waals surface area contributed by atoms with Crippen LogP contribution in [0.2, 0.25) is 10.0 Å². The average Bonchev–Trinajstić information content (AvgIpc) is 3.40. The van der Waals surface area contributed by atoms with E-state index in [0.29, 0.717) is 38.2 Å². The van der Waals surface area contributed by atoms with Crippen LogP contribution in [-0.4, -0.2) is 28.9 Å². The van der Waals surface area contributed by atoms with Gasteiger partial charge in [-0.2, -0.15) is 5.26 Å². The Kier molecular flexibility index (Phi) is 8.44. The molecule has 3 heterocycles. The van der Waals surface area contributed by atoms with E-state index in [1.165, 1.54) is 37.5 Å². The second kappa shape index (κ2) is 11.5. The minimum Gasteiger partial charge on any atom is -0.489 e. The molecule has 33 heavy (non-hydrogen) atoms. The van der Waals surface area contributed by atoms with Gasteiger partial charge in [0, 0.05) is 54.2 Å². The van der Waals surface area contributed by atoms with E-state index in [0.717, 1.165) is 13.2 Å². The van der Waals surface area contributed by atoms with Gasteiger partial charge in [-0.05, 0) is 37.1 Å². The summed E-state index contributed by atoms with van der Waals surface area (Å²) in [5, 5.41) is 18.3. The lowest BCUT2D eigenvalue weighted by molar-refractivity contribution is 0.198. The van der Waals surface area contributed by atoms with E-state index in [4.69, 9.17) is 54.8 Å². The average molecular weight is 485 g/mol. The summed E-state index contributed by atoms with van der Waals surface area (Å²) in [6, 6.07) is 8.38. The molecule has 0 aliphatic carbocycles. The normalized spacial score (nSPS) is 12.4. The van der Waals surface area contributed by atoms with Gasteiger partial charge in [0.25, 0.3) is 0 Å². The van der Waals surface area contributed by atoms with E-state index in [1.807, 2.05) is 6.07 Å². The van der Waals surface area contributed by atoms with Crippen LogP contribution in [0.3, 0.4) is 0 Å². The smallest absolute Gasteiger partial charge is 0.141 e. The van der Waals surface area contributed by atoms with Crippen molar-refractivity contribution < 1.29 is 9.47 Å². The van der Waals surface area contributed by atoms with Crippen molar-refractivity contribution in [1.29, 1.82) is 10.7 Å². The van der Waals surface area contributed by atoms with Crippen LogP contribution in [0.4, 0.5) is 11.5 Å². The predicted molar refractivity (Wildman–Crippen MR) is 129 cm³/mol. The van der Waals surface area contributed by atoms with Gasteiger partial charge in [-0.1, -0.05) is 23.2 Å². The van der Waals surface area contributed by atoms with Gasteiger partial charge >= 0.3 is 0 Å². The van der Waals surface area contributed by atoms with Crippen molar-refractivity contribution in [2.24, 2.45) is 0 Å². The number of rotatable bonds is 5. The van der Waals surface area contributed by atoms with E-state index in [1.54, 1.807) is 18.2 Å². The van der Waals surface area contributed by atoms with Gasteiger partial charge in [0.05, 0.1) is 21.3 Å². The molecule has 170 valence electrons. The summed E-state index contributed by atoms with van der Waals surface area (Å²) in [4.78, 5) is 7.85. The third-order valence-corrected chi connectivity index (χ3v) is 5.44. The molecule has 0 saturated carbocycles. The highest BCUT2D eigenvalue weighted by atomic mass is 35.5. The quantitative estimate of drug-likeness (QED) is 0.354. The fourth-order valence-corrected chi connectivity index (χ4v) is 3.41. The molecule has 1 aliphatic rings. The van der Waals surface area contributed by atoms with Crippen molar-refractivity contribution in [3.63, 3.8) is 0 Å². The zero-order valence-corrected chi connectivity index (χ0v) is 19.2. The van der Waals surface area contributed by atoms with Crippen molar-refractivity contribution in [1.82, 2.24) is 9.97 Å². The minimum atomic E-state index is 0.0897. The number of hydrogen-bond donors (Lipinski definition) is 3. The van der Waals surface area contributed by atoms with Gasteiger partial charge in [-0.3, -0.25) is 10.4 Å². The van der Waals surface area contributed by atoms with E-state index in [-0.39, 0.29) is 23.7 Å². The topological polar surface area (TPSA) is 144 Å². The monoisotopic (exact) mass is 484 g/mol. The molecule has 5 N–H and O–H groups in total. The van der Waals surface area contributed by atoms with Crippen LogP contribution >= 0.6 is 23.2 Å². The predicted octanol–water partition coefficient (Wildman–Crippen LogP) is 4.61. The molecule has 2 aromatic heterocycles. The van der Waals surface area contributed by atoms with Crippen LogP contribution in [0.25, 0.3) is 0 Å². The molecule has 1 fully saturated rings. The molecule has 0 unspecified atom stereocenters. The number of hydrogen-bond acceptors (Lipinski definition) is 8. The van der Waals surface area contributed by atoms with Crippen LogP contribution in [0.5, 0.6) is 5.75 Å². The maximum absolute atomic E-state index is 9.11. The minimum absolute atomic E-state index is 0.0897. The first-order chi connectivity index (χ1) is 15.9. The van der Waals surface area contributed by atoms with Crippen molar-refractivity contribution in [2.75, 3.05) is 24.7 Å². The first kappa shape index (κ1) is 24.3. The molecule has 0 atom stereocenters. The van der Waals surface area contributed by atoms with Crippen molar-refractivity contribution in [2.45, 2.75) is 19.4 Å². The van der Waals surface area contributed by atoms with Crippen LogP contribution in [-0.2, 0) is 11.3 Å². The summed E-state index contributed by atoms with van der Waals surface area (Å²) in [5.41, 5.74) is 13.8. The largest absolute Gasteiger partial charge is 0.489 e. The van der Waals surface area contributed by atoms with Crippen molar-refractivity contribution >= 4 is 40.4 Å². The molecule has 0 radical (unpaired) electrons. The number of aromatic nitrogens is 2. The maximum Gasteiger partial charge on any atom is 0.141 e. The Bertz CT molecular complexity index is 1160. The van der Waals surface area contributed by atoms with Gasteiger partial charge in [0.1, 0.15) is 24.2 Å². The molecule has 1 saturated heterocycles. The zero-order chi connectivity index (χ0) is 23.8. The summed E-state index contributed by atoms with van der Waals surface area (Å²) >= 11 is 12.2. The van der Waals surface area contributed by atoms with Gasteiger partial charge in [-0.15, -0.1) is 0 Å². The number of anilines is 2. The number of nitrogens with two attached hydrogens (primary N) is 2. The molecule has 1 aromatic carbocycles. The maximum atomic E-state index is 9.11. The number of nitrogen functional groups attached to an aromatic ring is 2. The Morgan fingerprint density at radius 3 is 2.42 bits per heavy atom. The standard InChI is InChI=1S/C19H14Cl2N6O.C4H8O/c20-15-7-26-8-16(21)14(15)9-28-12-1-2-17(23)13(4-12)18(24)11-3-10(5-22)19(25)27-6-11;1-2-4-5-3-1/h1-4,6-8,24H,9,23H2,(H2,25,27);1-4H2. The molecular weight excluding hydrogens is 463 g/mol. The molecule has 8 nitrogen and oxygen atoms in total. The van der Waals surface area contributed by atoms with Crippen LogP contribution in [0.1, 0.15) is 35.1 Å². The first-order valence-corrected chi connectivity index (χ1v) is 10.8. The summed E-state index contributed by atoms with van der Waals surface area (Å²) in [5.74, 6) is 0.581. The number of ether oxygens (including phenoxy) is 2. The number of nitrogens with zero attached hydrogens (tertiary/aromatic N) is 3. The first-order valence-electron chi connectivity index (χ1n) is 10.0. The highest BCUT2D eigenvalue weighted by Crippen LogP contribution is 2.27. The molecule has 4 rings (SSSR count). The van der Waals surface area contributed by atoms with E-state index in [9.17, 15) is 0 Å². The third-order valence-electron chi connectivity index (χ3n) is 4.78. The summed E-state index contributed by atoms with van der Waals surface area (Å²) in [7, 11) is 0. The lowest BCUT2D eigenvalue weighted by Gasteiger charge is -2.13. The number of pyridine rings is 2. The van der Waals surface area contributed by atoms with Gasteiger partial charge < -0.3 is 20.9 Å². The summed E-state index contributed by atoms with van der Waals surface area (Å²) < 4.78 is 10.7. The lowest BCUT2D eigenvalue weighted by atomic mass is 10.0. The zero-order valence-electron chi connectivity index (χ0n) is 17.6. The molecular formula is C23H22Cl2N6O2. The van der Waals surface area contributed by atoms with E-state index < -0.39 is 0 Å². The Labute approximate surface area is 201 Å².